The van der Waals surface area contributed by atoms with Gasteiger partial charge in [0.05, 0.1) is 31.2 Å². The molecule has 1 unspecified atom stereocenters. The Kier molecular flexibility index (Phi) is 3.91. The number of rotatable bonds is 3. The van der Waals surface area contributed by atoms with E-state index in [1.165, 1.54) is 7.11 Å². The Balaban J connectivity index is 1.96. The molecule has 1 N–H and O–H groups in total. The summed E-state index contributed by atoms with van der Waals surface area (Å²) in [6.07, 6.45) is 0. The second-order valence-electron chi connectivity index (χ2n) is 6.65. The van der Waals surface area contributed by atoms with Crippen molar-refractivity contribution >= 4 is 16.9 Å². The molecule has 6 heteroatoms. The second kappa shape index (κ2) is 6.16. The van der Waals surface area contributed by atoms with Gasteiger partial charge in [0.2, 0.25) is 5.76 Å². The first-order valence-corrected chi connectivity index (χ1v) is 8.55. The number of carbonyl (C=O) groups is 1. The summed E-state index contributed by atoms with van der Waals surface area (Å²) in [6, 6.07) is 8.41. The van der Waals surface area contributed by atoms with Gasteiger partial charge >= 0.3 is 0 Å². The molecule has 3 aromatic rings. The molecule has 0 spiro atoms. The van der Waals surface area contributed by atoms with E-state index < -0.39 is 11.9 Å². The van der Waals surface area contributed by atoms with Crippen LogP contribution in [0.15, 0.2) is 39.5 Å². The molecule has 6 nitrogen and oxygen atoms in total. The average Bonchev–Trinajstić information content (AvgIpc) is 2.97. The minimum absolute atomic E-state index is 0.0669. The second-order valence-corrected chi connectivity index (χ2v) is 6.65. The molecule has 27 heavy (non-hydrogen) atoms. The first kappa shape index (κ1) is 17.1. The summed E-state index contributed by atoms with van der Waals surface area (Å²) in [7, 11) is 3.09. The van der Waals surface area contributed by atoms with Crippen LogP contribution in [0.2, 0.25) is 0 Å². The Labute approximate surface area is 155 Å². The lowest BCUT2D eigenvalue weighted by Gasteiger charge is -2.15. The van der Waals surface area contributed by atoms with Crippen molar-refractivity contribution in [3.8, 4) is 11.5 Å². The van der Waals surface area contributed by atoms with Crippen LogP contribution >= 0.6 is 0 Å². The summed E-state index contributed by atoms with van der Waals surface area (Å²) < 4.78 is 16.4. The first-order chi connectivity index (χ1) is 12.9. The first-order valence-electron chi connectivity index (χ1n) is 8.55. The molecule has 0 saturated carbocycles. The van der Waals surface area contributed by atoms with Gasteiger partial charge < -0.3 is 19.2 Å². The van der Waals surface area contributed by atoms with Crippen molar-refractivity contribution in [2.24, 2.45) is 0 Å². The topological polar surface area (TPSA) is 77.8 Å². The van der Waals surface area contributed by atoms with Gasteiger partial charge in [0.15, 0.2) is 16.9 Å². The highest BCUT2D eigenvalue weighted by Gasteiger charge is 2.36. The number of nitrogens with one attached hydrogen (secondary N) is 1. The Bertz CT molecular complexity index is 1150. The van der Waals surface area contributed by atoms with Crippen LogP contribution in [0.3, 0.4) is 0 Å². The molecule has 2 heterocycles. The van der Waals surface area contributed by atoms with Gasteiger partial charge in [-0.1, -0.05) is 12.1 Å². The molecular formula is C21H19NO5. The van der Waals surface area contributed by atoms with Crippen LogP contribution in [0, 0.1) is 13.8 Å². The predicted octanol–water partition coefficient (Wildman–Crippen LogP) is 3.26. The normalized spacial score (nSPS) is 15.6. The average molecular weight is 365 g/mol. The van der Waals surface area contributed by atoms with Crippen LogP contribution < -0.4 is 20.2 Å². The highest BCUT2D eigenvalue weighted by Crippen LogP contribution is 2.36. The summed E-state index contributed by atoms with van der Waals surface area (Å²) in [6.45, 7) is 3.79. The van der Waals surface area contributed by atoms with Crippen LogP contribution in [0.25, 0.3) is 11.0 Å². The standard InChI is InChI=1S/C21H19NO5/c1-10-7-11(2)16-15(8-10)27-20-17(19(16)23)18(22-21(20)24)12-5-6-13(25-3)14(9-12)26-4/h5-9,18H,1-4H3,(H,22,24). The number of benzene rings is 2. The van der Waals surface area contributed by atoms with Gasteiger partial charge in [0.1, 0.15) is 5.58 Å². The third-order valence-electron chi connectivity index (χ3n) is 4.88. The van der Waals surface area contributed by atoms with Crippen LogP contribution in [0.1, 0.15) is 38.9 Å². The molecule has 2 aromatic carbocycles. The zero-order valence-electron chi connectivity index (χ0n) is 15.5. The van der Waals surface area contributed by atoms with Crippen LogP contribution in [-0.4, -0.2) is 20.1 Å². The summed E-state index contributed by atoms with van der Waals surface area (Å²) in [5, 5.41) is 3.35. The molecule has 0 aliphatic carbocycles. The number of amides is 1. The number of fused-ring (bicyclic) bond motifs is 2. The molecule has 138 valence electrons. The Morgan fingerprint density at radius 1 is 1.00 bits per heavy atom. The van der Waals surface area contributed by atoms with Gasteiger partial charge in [0.25, 0.3) is 5.91 Å². The lowest BCUT2D eigenvalue weighted by atomic mass is 9.97. The van der Waals surface area contributed by atoms with E-state index in [0.29, 0.717) is 28.0 Å². The fourth-order valence-electron chi connectivity index (χ4n) is 3.68. The molecule has 0 bridgehead atoms. The maximum absolute atomic E-state index is 13.3. The monoisotopic (exact) mass is 365 g/mol. The quantitative estimate of drug-likeness (QED) is 0.771. The van der Waals surface area contributed by atoms with Crippen molar-refractivity contribution in [3.05, 3.63) is 68.6 Å². The highest BCUT2D eigenvalue weighted by molar-refractivity contribution is 5.99. The highest BCUT2D eigenvalue weighted by atomic mass is 16.5. The van der Waals surface area contributed by atoms with Crippen LogP contribution in [0.4, 0.5) is 0 Å². The van der Waals surface area contributed by atoms with Crippen molar-refractivity contribution in [3.63, 3.8) is 0 Å². The maximum Gasteiger partial charge on any atom is 0.288 e. The molecule has 4 rings (SSSR count). The third-order valence-corrected chi connectivity index (χ3v) is 4.88. The number of ether oxygens (including phenoxy) is 2. The van der Waals surface area contributed by atoms with E-state index in [1.807, 2.05) is 19.9 Å². The van der Waals surface area contributed by atoms with E-state index in [2.05, 4.69) is 5.32 Å². The van der Waals surface area contributed by atoms with Gasteiger partial charge in [-0.2, -0.15) is 0 Å². The van der Waals surface area contributed by atoms with Gasteiger partial charge in [-0.15, -0.1) is 0 Å². The molecule has 1 amide bonds. The van der Waals surface area contributed by atoms with Crippen molar-refractivity contribution in [2.45, 2.75) is 19.9 Å². The van der Waals surface area contributed by atoms with Crippen LogP contribution in [-0.2, 0) is 0 Å². The Morgan fingerprint density at radius 3 is 2.44 bits per heavy atom. The lowest BCUT2D eigenvalue weighted by molar-refractivity contribution is 0.0938. The lowest BCUT2D eigenvalue weighted by Crippen LogP contribution is -2.22. The molecule has 1 aliphatic heterocycles. The molecule has 1 atom stereocenters. The maximum atomic E-state index is 13.3. The molecule has 1 aromatic heterocycles. The number of carbonyl (C=O) groups excluding carboxylic acids is 1. The largest absolute Gasteiger partial charge is 0.493 e. The molecule has 1 aliphatic rings. The zero-order chi connectivity index (χ0) is 19.3. The number of hydrogen-bond donors (Lipinski definition) is 1. The summed E-state index contributed by atoms with van der Waals surface area (Å²) in [5.74, 6) is 0.762. The fraction of sp³-hybridized carbons (Fsp3) is 0.238. The van der Waals surface area contributed by atoms with E-state index in [1.54, 1.807) is 31.4 Å². The third kappa shape index (κ3) is 2.56. The molecule has 0 radical (unpaired) electrons. The molecule has 0 fully saturated rings. The Hall–Kier alpha value is -3.28. The molecular weight excluding hydrogens is 346 g/mol. The summed E-state index contributed by atoms with van der Waals surface area (Å²) >= 11 is 0. The van der Waals surface area contributed by atoms with E-state index in [9.17, 15) is 9.59 Å². The SMILES string of the molecule is COc1ccc(C2NC(=O)c3oc4cc(C)cc(C)c4c(=O)c32)cc1OC. The fourth-order valence-corrected chi connectivity index (χ4v) is 3.68. The van der Waals surface area contributed by atoms with Crippen molar-refractivity contribution in [1.82, 2.24) is 5.32 Å². The van der Waals surface area contributed by atoms with Crippen LogP contribution in [0.5, 0.6) is 11.5 Å². The smallest absolute Gasteiger partial charge is 0.288 e. The van der Waals surface area contributed by atoms with Gasteiger partial charge in [0, 0.05) is 0 Å². The van der Waals surface area contributed by atoms with E-state index in [4.69, 9.17) is 13.9 Å². The minimum Gasteiger partial charge on any atom is -0.493 e. The number of hydrogen-bond acceptors (Lipinski definition) is 5. The van der Waals surface area contributed by atoms with Crippen molar-refractivity contribution in [2.75, 3.05) is 14.2 Å². The van der Waals surface area contributed by atoms with Gasteiger partial charge in [-0.3, -0.25) is 9.59 Å². The predicted molar refractivity (Wildman–Crippen MR) is 101 cm³/mol. The number of aryl methyl sites for hydroxylation is 2. The van der Waals surface area contributed by atoms with Crippen molar-refractivity contribution < 1.29 is 18.7 Å². The number of methoxy groups -OCH3 is 2. The van der Waals surface area contributed by atoms with E-state index in [-0.39, 0.29) is 11.2 Å². The van der Waals surface area contributed by atoms with Gasteiger partial charge in [-0.25, -0.2) is 0 Å². The van der Waals surface area contributed by atoms with E-state index >= 15 is 0 Å². The Morgan fingerprint density at radius 2 is 1.74 bits per heavy atom. The van der Waals surface area contributed by atoms with E-state index in [0.717, 1.165) is 16.7 Å². The molecule has 0 saturated heterocycles. The van der Waals surface area contributed by atoms with Crippen molar-refractivity contribution in [1.29, 1.82) is 0 Å². The van der Waals surface area contributed by atoms with Gasteiger partial charge in [-0.05, 0) is 48.7 Å². The minimum atomic E-state index is -0.603. The summed E-state index contributed by atoms with van der Waals surface area (Å²) in [5.41, 5.74) is 3.08. The zero-order valence-corrected chi connectivity index (χ0v) is 15.5. The summed E-state index contributed by atoms with van der Waals surface area (Å²) in [4.78, 5) is 25.7.